The van der Waals surface area contributed by atoms with Crippen LogP contribution in [0.25, 0.3) is 43.8 Å². The van der Waals surface area contributed by atoms with E-state index < -0.39 is 0 Å². The van der Waals surface area contributed by atoms with Crippen molar-refractivity contribution in [3.63, 3.8) is 0 Å². The fourth-order valence-electron chi connectivity index (χ4n) is 4.59. The van der Waals surface area contributed by atoms with Crippen LogP contribution in [0.1, 0.15) is 51.5 Å². The second-order valence-electron chi connectivity index (χ2n) is 10.5. The Labute approximate surface area is 235 Å². The number of ketones is 1. The number of halogens is 1. The van der Waals surface area contributed by atoms with Crippen molar-refractivity contribution >= 4 is 38.3 Å². The number of nitrogens with zero attached hydrogens (tertiary/aromatic N) is 1. The zero-order valence-electron chi connectivity index (χ0n) is 22.6. The van der Waals surface area contributed by atoms with E-state index >= 15 is 0 Å². The van der Waals surface area contributed by atoms with Gasteiger partial charge in [0.25, 0.3) is 0 Å². The summed E-state index contributed by atoms with van der Waals surface area (Å²) in [6, 6.07) is 17.3. The van der Waals surface area contributed by atoms with E-state index in [1.54, 1.807) is 13.1 Å². The number of carbonyl (C=O) groups excluding carboxylic acids is 1. The summed E-state index contributed by atoms with van der Waals surface area (Å²) in [5.41, 5.74) is 4.26. The Morgan fingerprint density at radius 3 is 2.21 bits per heavy atom. The first-order valence-electron chi connectivity index (χ1n) is 12.2. The van der Waals surface area contributed by atoms with Crippen LogP contribution in [-0.4, -0.2) is 15.9 Å². The van der Waals surface area contributed by atoms with E-state index in [9.17, 15) is 9.18 Å². The van der Waals surface area contributed by atoms with Crippen LogP contribution >= 0.6 is 0 Å². The van der Waals surface area contributed by atoms with Crippen LogP contribution in [0.4, 0.5) is 4.39 Å². The van der Waals surface area contributed by atoms with Gasteiger partial charge in [0, 0.05) is 37.8 Å². The number of allylic oxidation sites excluding steroid dienone is 2. The van der Waals surface area contributed by atoms with Gasteiger partial charge in [-0.25, -0.2) is 4.39 Å². The average molecular weight is 689 g/mol. The predicted molar refractivity (Wildman–Crippen MR) is 148 cm³/mol. The van der Waals surface area contributed by atoms with Gasteiger partial charge in [0.1, 0.15) is 5.82 Å². The molecule has 2 heterocycles. The van der Waals surface area contributed by atoms with Crippen molar-refractivity contribution in [2.45, 2.75) is 53.9 Å². The van der Waals surface area contributed by atoms with Crippen molar-refractivity contribution in [3.8, 4) is 11.3 Å². The Bertz CT molecular complexity index is 1690. The van der Waals surface area contributed by atoms with E-state index in [1.165, 1.54) is 25.5 Å². The number of hydrogen-bond acceptors (Lipinski definition) is 4. The van der Waals surface area contributed by atoms with Gasteiger partial charge in [-0.2, -0.15) is 0 Å². The van der Waals surface area contributed by atoms with Crippen molar-refractivity contribution in [2.24, 2.45) is 0 Å². The molecule has 2 aromatic heterocycles. The van der Waals surface area contributed by atoms with Crippen molar-refractivity contribution in [2.75, 3.05) is 0 Å². The Hall–Kier alpha value is -3.34. The van der Waals surface area contributed by atoms with Gasteiger partial charge in [-0.3, -0.25) is 4.79 Å². The van der Waals surface area contributed by atoms with Gasteiger partial charge < -0.3 is 14.5 Å². The molecule has 3 aromatic carbocycles. The molecule has 0 aliphatic carbocycles. The van der Waals surface area contributed by atoms with Crippen LogP contribution in [0, 0.1) is 25.7 Å². The smallest absolute Gasteiger partial charge is 0.155 e. The minimum absolute atomic E-state index is 0. The number of fused-ring (bicyclic) bond motifs is 4. The van der Waals surface area contributed by atoms with Gasteiger partial charge in [-0.05, 0) is 66.6 Å². The third-order valence-corrected chi connectivity index (χ3v) is 6.23. The molecule has 0 aliphatic rings. The predicted octanol–water partition coefficient (Wildman–Crippen LogP) is 8.69. The summed E-state index contributed by atoms with van der Waals surface area (Å²) in [6.07, 6.45) is 2.96. The summed E-state index contributed by atoms with van der Waals surface area (Å²) in [7, 11) is 0. The fraction of sp³-hybridized carbons (Fsp3) is 0.250. The van der Waals surface area contributed by atoms with E-state index in [0.29, 0.717) is 10.9 Å². The second-order valence-corrected chi connectivity index (χ2v) is 10.5. The first-order chi connectivity index (χ1) is 17.4. The van der Waals surface area contributed by atoms with Gasteiger partial charge in [0.2, 0.25) is 0 Å². The van der Waals surface area contributed by atoms with E-state index in [2.05, 4.69) is 39.0 Å². The molecule has 0 spiro atoms. The molecule has 1 N–H and O–H groups in total. The summed E-state index contributed by atoms with van der Waals surface area (Å²) >= 11 is 0. The molecule has 0 amide bonds. The Morgan fingerprint density at radius 2 is 1.61 bits per heavy atom. The molecule has 199 valence electrons. The zero-order chi connectivity index (χ0) is 27.1. The molecular formula is C32H31FIrNO3-. The SMILES string of the molecule is CC(=O)/C=C(/C)O.Cc1cc2c(C(C)(C)C)cc(-c3nccc4c3ccc3c(F)c(C)ccc34)[c-]c2o1.[Ir]. The van der Waals surface area contributed by atoms with Crippen LogP contribution in [0.15, 0.2) is 64.9 Å². The normalized spacial score (nSPS) is 11.8. The molecule has 5 aromatic rings. The van der Waals surface area contributed by atoms with Crippen molar-refractivity contribution in [1.82, 2.24) is 4.98 Å². The Kier molecular flexibility index (Phi) is 8.60. The number of aryl methyl sites for hydroxylation is 2. The number of carbonyl (C=O) groups is 1. The molecule has 0 bridgehead atoms. The minimum Gasteiger partial charge on any atom is -0.512 e. The summed E-state index contributed by atoms with van der Waals surface area (Å²) in [6.45, 7) is 13.2. The maximum absolute atomic E-state index is 14.7. The van der Waals surface area contributed by atoms with E-state index in [0.717, 1.165) is 44.1 Å². The first-order valence-corrected chi connectivity index (χ1v) is 12.2. The first kappa shape index (κ1) is 29.2. The number of aromatic nitrogens is 1. The standard InChI is InChI=1S/C27H23FNO.C5H8O2.Ir/c1-15-6-7-18-19-10-11-29-26(21(19)9-8-20(18)25(15)28)17-13-23(27(3,4)5)22-12-16(2)30-24(22)14-17;1-4(6)3-5(2)7;/h6-13H,1-5H3;3,6H,1-2H3;/q-1;;/b;4-3-;. The van der Waals surface area contributed by atoms with Crippen LogP contribution in [0.2, 0.25) is 0 Å². The summed E-state index contributed by atoms with van der Waals surface area (Å²) in [4.78, 5) is 14.7. The molecule has 38 heavy (non-hydrogen) atoms. The number of aliphatic hydroxyl groups is 1. The van der Waals surface area contributed by atoms with Crippen molar-refractivity contribution in [3.05, 3.63) is 89.3 Å². The summed E-state index contributed by atoms with van der Waals surface area (Å²) in [5.74, 6) is 0.640. The largest absolute Gasteiger partial charge is 0.512 e. The topological polar surface area (TPSA) is 63.3 Å². The molecule has 0 fully saturated rings. The molecule has 0 atom stereocenters. The average Bonchev–Trinajstić information content (AvgIpc) is 3.18. The van der Waals surface area contributed by atoms with E-state index in [-0.39, 0.29) is 42.9 Å². The third-order valence-electron chi connectivity index (χ3n) is 6.23. The number of furan rings is 1. The number of aliphatic hydroxyl groups excluding tert-OH is 1. The number of benzene rings is 3. The monoisotopic (exact) mass is 689 g/mol. The number of hydrogen-bond donors (Lipinski definition) is 1. The quantitative estimate of drug-likeness (QED) is 0.0873. The third kappa shape index (κ3) is 5.87. The molecule has 0 saturated carbocycles. The maximum atomic E-state index is 14.7. The van der Waals surface area contributed by atoms with Crippen LogP contribution < -0.4 is 0 Å². The van der Waals surface area contributed by atoms with E-state index in [4.69, 9.17) is 14.5 Å². The molecule has 4 nitrogen and oxygen atoms in total. The van der Waals surface area contributed by atoms with Crippen molar-refractivity contribution in [1.29, 1.82) is 0 Å². The second kappa shape index (κ2) is 11.2. The van der Waals surface area contributed by atoms with E-state index in [1.807, 2.05) is 37.3 Å². The maximum Gasteiger partial charge on any atom is 0.155 e. The molecule has 5 rings (SSSR count). The van der Waals surface area contributed by atoms with Crippen molar-refractivity contribution < 1.29 is 38.8 Å². The molecular weight excluding hydrogens is 658 g/mol. The van der Waals surface area contributed by atoms with Gasteiger partial charge in [0.15, 0.2) is 5.78 Å². The minimum atomic E-state index is -0.165. The van der Waals surface area contributed by atoms with Crippen LogP contribution in [-0.2, 0) is 30.3 Å². The van der Waals surface area contributed by atoms with Gasteiger partial charge in [-0.15, -0.1) is 17.2 Å². The molecule has 0 aliphatic heterocycles. The van der Waals surface area contributed by atoms with Gasteiger partial charge in [-0.1, -0.05) is 62.6 Å². The molecule has 6 heteroatoms. The zero-order valence-corrected chi connectivity index (χ0v) is 25.0. The van der Waals surface area contributed by atoms with Gasteiger partial charge in [0.05, 0.1) is 17.1 Å². The molecule has 0 unspecified atom stereocenters. The Balaban J connectivity index is 0.000000444. The van der Waals surface area contributed by atoms with Crippen LogP contribution in [0.5, 0.6) is 0 Å². The Morgan fingerprint density at radius 1 is 0.974 bits per heavy atom. The molecule has 1 radical (unpaired) electrons. The number of rotatable bonds is 2. The molecule has 0 saturated heterocycles. The van der Waals surface area contributed by atoms with Crippen LogP contribution in [0.3, 0.4) is 0 Å². The van der Waals surface area contributed by atoms with Gasteiger partial charge >= 0.3 is 0 Å². The fourth-order valence-corrected chi connectivity index (χ4v) is 4.59. The summed E-state index contributed by atoms with van der Waals surface area (Å²) in [5, 5.41) is 12.9. The summed E-state index contributed by atoms with van der Waals surface area (Å²) < 4.78 is 20.6. The number of pyridine rings is 1.